The van der Waals surface area contributed by atoms with E-state index in [1.165, 1.54) is 0 Å². The molecule has 3 N–H and O–H groups in total. The number of hydrogen-bond donors (Lipinski definition) is 2. The monoisotopic (exact) mass is 234 g/mol. The van der Waals surface area contributed by atoms with Gasteiger partial charge < -0.3 is 10.8 Å². The van der Waals surface area contributed by atoms with Crippen LogP contribution in [0.4, 0.5) is 0 Å². The maximum Gasteiger partial charge on any atom is 0.320 e. The average Bonchev–Trinajstić information content (AvgIpc) is 2.34. The summed E-state index contributed by atoms with van der Waals surface area (Å²) in [6.07, 6.45) is 4.00. The van der Waals surface area contributed by atoms with Gasteiger partial charge in [0, 0.05) is 12.8 Å². The lowest BCUT2D eigenvalue weighted by atomic mass is 10.1. The maximum atomic E-state index is 10.4. The van der Waals surface area contributed by atoms with E-state index in [0.29, 0.717) is 13.0 Å². The molecule has 0 aliphatic heterocycles. The van der Waals surface area contributed by atoms with Gasteiger partial charge in [0.05, 0.1) is 0 Å². The third kappa shape index (κ3) is 5.82. The molecule has 4 heteroatoms. The first-order valence-corrected chi connectivity index (χ1v) is 5.73. The Morgan fingerprint density at radius 1 is 1.35 bits per heavy atom. The van der Waals surface area contributed by atoms with Crippen LogP contribution in [0.15, 0.2) is 35.3 Å². The molecule has 17 heavy (non-hydrogen) atoms. The summed E-state index contributed by atoms with van der Waals surface area (Å²) in [6.45, 7) is 0.710. The molecule has 0 bridgehead atoms. The van der Waals surface area contributed by atoms with E-state index in [1.54, 1.807) is 0 Å². The number of nitrogens with two attached hydrogens (primary N) is 1. The van der Waals surface area contributed by atoms with E-state index in [-0.39, 0.29) is 0 Å². The van der Waals surface area contributed by atoms with E-state index in [9.17, 15) is 4.79 Å². The Kier molecular flexibility index (Phi) is 5.96. The normalized spacial score (nSPS) is 12.8. The number of carboxylic acid groups (broad SMARTS) is 1. The molecule has 0 aliphatic carbocycles. The number of benzene rings is 1. The van der Waals surface area contributed by atoms with Gasteiger partial charge in [-0.25, -0.2) is 0 Å². The summed E-state index contributed by atoms with van der Waals surface area (Å²) in [6, 6.07) is 9.13. The molecular formula is C13H18N2O2. The number of aliphatic imine (C=N–C) groups is 1. The summed E-state index contributed by atoms with van der Waals surface area (Å²) >= 11 is 0. The smallest absolute Gasteiger partial charge is 0.320 e. The Morgan fingerprint density at radius 2 is 2.06 bits per heavy atom. The zero-order chi connectivity index (χ0) is 12.5. The van der Waals surface area contributed by atoms with Crippen molar-refractivity contribution < 1.29 is 9.90 Å². The molecule has 0 heterocycles. The van der Waals surface area contributed by atoms with E-state index in [2.05, 4.69) is 4.99 Å². The molecule has 92 valence electrons. The molecule has 0 aliphatic rings. The first-order valence-electron chi connectivity index (χ1n) is 5.73. The fraction of sp³-hybridized carbons (Fsp3) is 0.385. The molecule has 0 fully saturated rings. The van der Waals surface area contributed by atoms with Gasteiger partial charge in [-0.3, -0.25) is 9.79 Å². The lowest BCUT2D eigenvalue weighted by Crippen LogP contribution is -2.29. The molecule has 0 amide bonds. The van der Waals surface area contributed by atoms with E-state index in [4.69, 9.17) is 10.8 Å². The van der Waals surface area contributed by atoms with Crippen LogP contribution in [-0.2, 0) is 4.79 Å². The Morgan fingerprint density at radius 3 is 2.71 bits per heavy atom. The van der Waals surface area contributed by atoms with E-state index >= 15 is 0 Å². The van der Waals surface area contributed by atoms with Gasteiger partial charge in [0.2, 0.25) is 0 Å². The van der Waals surface area contributed by atoms with Crippen LogP contribution in [0.3, 0.4) is 0 Å². The number of hydrogen-bond acceptors (Lipinski definition) is 3. The van der Waals surface area contributed by atoms with Crippen molar-refractivity contribution in [2.75, 3.05) is 6.54 Å². The molecule has 0 radical (unpaired) electrons. The van der Waals surface area contributed by atoms with Crippen LogP contribution >= 0.6 is 0 Å². The highest BCUT2D eigenvalue weighted by Gasteiger charge is 2.09. The van der Waals surface area contributed by atoms with Crippen molar-refractivity contribution in [2.24, 2.45) is 10.7 Å². The number of aliphatic carboxylic acids is 1. The standard InChI is InChI=1S/C13H18N2O2/c14-12(13(16)17)8-4-5-9-15-10-11-6-2-1-3-7-11/h1-3,6-7,10,12H,4-5,8-9,14H2,(H,16,17)/b15-10+/t12-/m0/s1. The zero-order valence-corrected chi connectivity index (χ0v) is 9.75. The number of rotatable bonds is 7. The van der Waals surface area contributed by atoms with Crippen LogP contribution in [0, 0.1) is 0 Å². The SMILES string of the molecule is N[C@@H](CCCC/N=C/c1ccccc1)C(=O)O. The largest absolute Gasteiger partial charge is 0.480 e. The Hall–Kier alpha value is -1.68. The Labute approximate surface area is 101 Å². The van der Waals surface area contributed by atoms with Crippen molar-refractivity contribution in [3.63, 3.8) is 0 Å². The minimum absolute atomic E-state index is 0.510. The van der Waals surface area contributed by atoms with Crippen LogP contribution in [0.2, 0.25) is 0 Å². The van der Waals surface area contributed by atoms with Gasteiger partial charge in [0.15, 0.2) is 0 Å². The molecule has 0 unspecified atom stereocenters. The van der Waals surface area contributed by atoms with Crippen molar-refractivity contribution in [3.8, 4) is 0 Å². The molecule has 1 rings (SSSR count). The number of carbonyl (C=O) groups is 1. The van der Waals surface area contributed by atoms with E-state index < -0.39 is 12.0 Å². The first kappa shape index (κ1) is 13.4. The second-order valence-corrected chi connectivity index (χ2v) is 3.89. The molecule has 0 spiro atoms. The van der Waals surface area contributed by atoms with Crippen LogP contribution in [0.1, 0.15) is 24.8 Å². The molecule has 1 atom stereocenters. The van der Waals surface area contributed by atoms with E-state index in [0.717, 1.165) is 18.4 Å². The second kappa shape index (κ2) is 7.57. The summed E-state index contributed by atoms with van der Waals surface area (Å²) in [5.41, 5.74) is 6.46. The summed E-state index contributed by atoms with van der Waals surface area (Å²) in [5.74, 6) is -0.933. The highest BCUT2D eigenvalue weighted by atomic mass is 16.4. The van der Waals surface area contributed by atoms with Crippen molar-refractivity contribution in [3.05, 3.63) is 35.9 Å². The summed E-state index contributed by atoms with van der Waals surface area (Å²) in [5, 5.41) is 8.58. The van der Waals surface area contributed by atoms with Crippen LogP contribution in [0.5, 0.6) is 0 Å². The third-order valence-electron chi connectivity index (χ3n) is 2.41. The van der Waals surface area contributed by atoms with Crippen molar-refractivity contribution in [1.82, 2.24) is 0 Å². The third-order valence-corrected chi connectivity index (χ3v) is 2.41. The molecule has 0 saturated heterocycles. The second-order valence-electron chi connectivity index (χ2n) is 3.89. The van der Waals surface area contributed by atoms with Gasteiger partial charge in [-0.05, 0) is 24.8 Å². The number of nitrogens with zero attached hydrogens (tertiary/aromatic N) is 1. The van der Waals surface area contributed by atoms with Crippen LogP contribution in [-0.4, -0.2) is 29.9 Å². The van der Waals surface area contributed by atoms with Crippen molar-refractivity contribution in [1.29, 1.82) is 0 Å². The van der Waals surface area contributed by atoms with Gasteiger partial charge in [0.25, 0.3) is 0 Å². The van der Waals surface area contributed by atoms with Gasteiger partial charge in [-0.15, -0.1) is 0 Å². The van der Waals surface area contributed by atoms with Gasteiger partial charge in [-0.2, -0.15) is 0 Å². The van der Waals surface area contributed by atoms with Gasteiger partial charge in [-0.1, -0.05) is 30.3 Å². The molecule has 4 nitrogen and oxygen atoms in total. The fourth-order valence-electron chi connectivity index (χ4n) is 1.40. The topological polar surface area (TPSA) is 75.7 Å². The first-order chi connectivity index (χ1) is 8.20. The quantitative estimate of drug-likeness (QED) is 0.556. The van der Waals surface area contributed by atoms with Crippen LogP contribution in [0.25, 0.3) is 0 Å². The highest BCUT2D eigenvalue weighted by Crippen LogP contribution is 2.00. The minimum Gasteiger partial charge on any atom is -0.480 e. The number of carboxylic acids is 1. The average molecular weight is 234 g/mol. The molecular weight excluding hydrogens is 216 g/mol. The molecule has 1 aromatic rings. The highest BCUT2D eigenvalue weighted by molar-refractivity contribution is 5.79. The predicted octanol–water partition coefficient (Wildman–Crippen LogP) is 1.69. The summed E-state index contributed by atoms with van der Waals surface area (Å²) < 4.78 is 0. The number of unbranched alkanes of at least 4 members (excludes halogenated alkanes) is 1. The summed E-state index contributed by atoms with van der Waals surface area (Å²) in [4.78, 5) is 14.7. The fourth-order valence-corrected chi connectivity index (χ4v) is 1.40. The van der Waals surface area contributed by atoms with Crippen LogP contribution < -0.4 is 5.73 Å². The predicted molar refractivity (Wildman–Crippen MR) is 68.4 cm³/mol. The van der Waals surface area contributed by atoms with Gasteiger partial charge >= 0.3 is 5.97 Å². The van der Waals surface area contributed by atoms with Crippen molar-refractivity contribution >= 4 is 12.2 Å². The van der Waals surface area contributed by atoms with Gasteiger partial charge in [0.1, 0.15) is 6.04 Å². The van der Waals surface area contributed by atoms with Crippen molar-refractivity contribution in [2.45, 2.75) is 25.3 Å². The molecule has 0 aromatic heterocycles. The minimum atomic E-state index is -0.933. The lowest BCUT2D eigenvalue weighted by molar-refractivity contribution is -0.138. The zero-order valence-electron chi connectivity index (χ0n) is 9.75. The maximum absolute atomic E-state index is 10.4. The Bertz CT molecular complexity index is 363. The molecule has 0 saturated carbocycles. The lowest BCUT2D eigenvalue weighted by Gasteiger charge is -2.04. The molecule has 1 aromatic carbocycles. The Balaban J connectivity index is 2.12. The summed E-state index contributed by atoms with van der Waals surface area (Å²) in [7, 11) is 0. The van der Waals surface area contributed by atoms with E-state index in [1.807, 2.05) is 36.5 Å².